The van der Waals surface area contributed by atoms with Crippen LogP contribution in [0.5, 0.6) is 0 Å². The Morgan fingerprint density at radius 3 is 2.89 bits per heavy atom. The molecule has 1 atom stereocenters. The molecule has 0 saturated heterocycles. The number of nitrogens with one attached hydrogen (secondary N) is 1. The number of thioether (sulfide) groups is 1. The highest BCUT2D eigenvalue weighted by Crippen LogP contribution is 2.21. The summed E-state index contributed by atoms with van der Waals surface area (Å²) in [6, 6.07) is -0.283. The van der Waals surface area contributed by atoms with Gasteiger partial charge in [-0.3, -0.25) is 4.79 Å². The molecule has 0 aliphatic heterocycles. The zero-order valence-corrected chi connectivity index (χ0v) is 12.6. The molecule has 0 spiro atoms. The van der Waals surface area contributed by atoms with Crippen LogP contribution in [-0.2, 0) is 16.0 Å². The van der Waals surface area contributed by atoms with Crippen LogP contribution in [0.4, 0.5) is 0 Å². The van der Waals surface area contributed by atoms with Crippen molar-refractivity contribution in [3.8, 4) is 0 Å². The molecule has 1 heterocycles. The van der Waals surface area contributed by atoms with Crippen LogP contribution in [0.15, 0.2) is 4.34 Å². The lowest BCUT2D eigenvalue weighted by Crippen LogP contribution is -2.40. The molecule has 7 heteroatoms. The van der Waals surface area contributed by atoms with Crippen LogP contribution >= 0.6 is 23.3 Å². The summed E-state index contributed by atoms with van der Waals surface area (Å²) in [6.45, 7) is 4.89. The molecular formula is C11H19N3O2S2. The molecule has 102 valence electrons. The van der Waals surface area contributed by atoms with Crippen molar-refractivity contribution in [2.45, 2.75) is 37.1 Å². The highest BCUT2D eigenvalue weighted by Gasteiger charge is 2.19. The molecule has 0 aromatic carbocycles. The number of nitrogens with zero attached hydrogens (tertiary/aromatic N) is 2. The average Bonchev–Trinajstić information content (AvgIpc) is 2.86. The van der Waals surface area contributed by atoms with E-state index in [2.05, 4.69) is 21.6 Å². The fraction of sp³-hybridized carbons (Fsp3) is 0.727. The molecular weight excluding hydrogens is 270 g/mol. The quantitative estimate of drug-likeness (QED) is 0.581. The van der Waals surface area contributed by atoms with Crippen LogP contribution in [0.3, 0.4) is 0 Å². The first-order chi connectivity index (χ1) is 8.71. The Balaban J connectivity index is 2.47. The van der Waals surface area contributed by atoms with E-state index in [0.717, 1.165) is 29.6 Å². The molecule has 5 nitrogen and oxygen atoms in total. The van der Waals surface area contributed by atoms with Crippen molar-refractivity contribution < 1.29 is 9.53 Å². The molecule has 0 aliphatic rings. The van der Waals surface area contributed by atoms with E-state index in [1.165, 1.54) is 18.6 Å². The lowest BCUT2D eigenvalue weighted by molar-refractivity contribution is -0.142. The zero-order chi connectivity index (χ0) is 13.4. The van der Waals surface area contributed by atoms with Crippen molar-refractivity contribution >= 4 is 29.3 Å². The third-order valence-electron chi connectivity index (χ3n) is 2.27. The monoisotopic (exact) mass is 289 g/mol. The minimum Gasteiger partial charge on any atom is -0.468 e. The number of ether oxygens (including phenoxy) is 1. The van der Waals surface area contributed by atoms with Gasteiger partial charge >= 0.3 is 5.97 Å². The Hall–Kier alpha value is -0.660. The molecule has 0 radical (unpaired) electrons. The van der Waals surface area contributed by atoms with Crippen LogP contribution < -0.4 is 5.32 Å². The van der Waals surface area contributed by atoms with E-state index in [9.17, 15) is 4.79 Å². The van der Waals surface area contributed by atoms with E-state index in [1.54, 1.807) is 11.8 Å². The van der Waals surface area contributed by atoms with E-state index >= 15 is 0 Å². The fourth-order valence-electron chi connectivity index (χ4n) is 1.27. The van der Waals surface area contributed by atoms with E-state index in [-0.39, 0.29) is 12.0 Å². The number of rotatable bonds is 8. The van der Waals surface area contributed by atoms with Gasteiger partial charge in [-0.2, -0.15) is 4.37 Å². The Morgan fingerprint density at radius 1 is 1.56 bits per heavy atom. The highest BCUT2D eigenvalue weighted by atomic mass is 32.2. The molecule has 1 aromatic heterocycles. The van der Waals surface area contributed by atoms with Crippen molar-refractivity contribution in [3.63, 3.8) is 0 Å². The highest BCUT2D eigenvalue weighted by molar-refractivity contribution is 8.01. The molecule has 1 unspecified atom stereocenters. The molecule has 1 aromatic rings. The standard InChI is InChI=1S/C11H19N3O2S2/c1-4-6-12-8(10(15)16-3)7-17-11-13-9(5-2)14-18-11/h8,12H,4-7H2,1-3H3. The number of aryl methyl sites for hydroxylation is 1. The molecule has 1 N–H and O–H groups in total. The number of aromatic nitrogens is 2. The zero-order valence-electron chi connectivity index (χ0n) is 10.9. The van der Waals surface area contributed by atoms with Gasteiger partial charge < -0.3 is 10.1 Å². The minimum atomic E-state index is -0.283. The number of carbonyl (C=O) groups is 1. The number of esters is 1. The van der Waals surface area contributed by atoms with Crippen molar-refractivity contribution in [1.29, 1.82) is 0 Å². The summed E-state index contributed by atoms with van der Waals surface area (Å²) in [5.74, 6) is 1.25. The van der Waals surface area contributed by atoms with Gasteiger partial charge in [-0.25, -0.2) is 4.98 Å². The third kappa shape index (κ3) is 4.91. The Labute approximate surface area is 116 Å². The first-order valence-corrected chi connectivity index (χ1v) is 7.73. The maximum Gasteiger partial charge on any atom is 0.323 e. The molecule has 0 aliphatic carbocycles. The van der Waals surface area contributed by atoms with Gasteiger partial charge in [-0.05, 0) is 24.5 Å². The van der Waals surface area contributed by atoms with E-state index < -0.39 is 0 Å². The average molecular weight is 289 g/mol. The number of hydrogen-bond donors (Lipinski definition) is 1. The summed E-state index contributed by atoms with van der Waals surface area (Å²) >= 11 is 2.92. The Morgan fingerprint density at radius 2 is 2.33 bits per heavy atom. The van der Waals surface area contributed by atoms with Gasteiger partial charge in [0.15, 0.2) is 4.34 Å². The predicted octanol–water partition coefficient (Wildman–Crippen LogP) is 1.73. The van der Waals surface area contributed by atoms with Crippen LogP contribution in [-0.4, -0.2) is 40.8 Å². The first-order valence-electron chi connectivity index (χ1n) is 5.97. The summed E-state index contributed by atoms with van der Waals surface area (Å²) < 4.78 is 9.89. The third-order valence-corrected chi connectivity index (χ3v) is 4.23. The summed E-state index contributed by atoms with van der Waals surface area (Å²) in [6.07, 6.45) is 1.82. The topological polar surface area (TPSA) is 64.1 Å². The second kappa shape index (κ2) is 8.44. The van der Waals surface area contributed by atoms with Crippen molar-refractivity contribution in [1.82, 2.24) is 14.7 Å². The van der Waals surface area contributed by atoms with Gasteiger partial charge in [0.25, 0.3) is 0 Å². The number of hydrogen-bond acceptors (Lipinski definition) is 7. The second-order valence-electron chi connectivity index (χ2n) is 3.67. The van der Waals surface area contributed by atoms with E-state index in [4.69, 9.17) is 4.74 Å². The summed E-state index contributed by atoms with van der Waals surface area (Å²) in [4.78, 5) is 15.9. The second-order valence-corrected chi connectivity index (χ2v) is 5.69. The fourth-order valence-corrected chi connectivity index (χ4v) is 3.03. The molecule has 18 heavy (non-hydrogen) atoms. The largest absolute Gasteiger partial charge is 0.468 e. The van der Waals surface area contributed by atoms with Gasteiger partial charge in [0, 0.05) is 12.2 Å². The summed E-state index contributed by atoms with van der Waals surface area (Å²) in [5.41, 5.74) is 0. The predicted molar refractivity (Wildman–Crippen MR) is 74.1 cm³/mol. The van der Waals surface area contributed by atoms with Crippen LogP contribution in [0.1, 0.15) is 26.1 Å². The smallest absolute Gasteiger partial charge is 0.323 e. The lowest BCUT2D eigenvalue weighted by atomic mass is 10.3. The van der Waals surface area contributed by atoms with Crippen molar-refractivity contribution in [3.05, 3.63) is 5.82 Å². The molecule has 0 saturated carbocycles. The molecule has 1 rings (SSSR count). The van der Waals surface area contributed by atoms with Crippen LogP contribution in [0.25, 0.3) is 0 Å². The molecule has 0 amide bonds. The maximum absolute atomic E-state index is 11.6. The Bertz CT molecular complexity index is 371. The Kier molecular flexibility index (Phi) is 7.22. The normalized spacial score (nSPS) is 12.4. The van der Waals surface area contributed by atoms with Gasteiger partial charge in [-0.15, -0.1) is 0 Å². The maximum atomic E-state index is 11.6. The SMILES string of the molecule is CCCNC(CSc1nc(CC)ns1)C(=O)OC. The van der Waals surface area contributed by atoms with Gasteiger partial charge in [0.2, 0.25) is 0 Å². The van der Waals surface area contributed by atoms with Crippen molar-refractivity contribution in [2.24, 2.45) is 0 Å². The number of carbonyl (C=O) groups excluding carboxylic acids is 1. The van der Waals surface area contributed by atoms with E-state index in [0.29, 0.717) is 5.75 Å². The van der Waals surface area contributed by atoms with Crippen LogP contribution in [0.2, 0.25) is 0 Å². The minimum absolute atomic E-state index is 0.226. The molecule has 0 fully saturated rings. The first kappa shape index (κ1) is 15.4. The van der Waals surface area contributed by atoms with E-state index in [1.807, 2.05) is 6.92 Å². The summed E-state index contributed by atoms with van der Waals surface area (Å²) in [7, 11) is 1.41. The number of methoxy groups -OCH3 is 1. The summed E-state index contributed by atoms with van der Waals surface area (Å²) in [5, 5.41) is 3.17. The van der Waals surface area contributed by atoms with Gasteiger partial charge in [-0.1, -0.05) is 25.6 Å². The van der Waals surface area contributed by atoms with Crippen LogP contribution in [0, 0.1) is 0 Å². The van der Waals surface area contributed by atoms with Gasteiger partial charge in [0.1, 0.15) is 11.9 Å². The molecule has 0 bridgehead atoms. The lowest BCUT2D eigenvalue weighted by Gasteiger charge is -2.14. The van der Waals surface area contributed by atoms with Crippen molar-refractivity contribution in [2.75, 3.05) is 19.4 Å². The van der Waals surface area contributed by atoms with Gasteiger partial charge in [0.05, 0.1) is 7.11 Å².